The van der Waals surface area contributed by atoms with Crippen LogP contribution in [0.1, 0.15) is 16.8 Å². The summed E-state index contributed by atoms with van der Waals surface area (Å²) in [6.07, 6.45) is 3.54. The summed E-state index contributed by atoms with van der Waals surface area (Å²) in [4.78, 5) is 27.3. The highest BCUT2D eigenvalue weighted by Crippen LogP contribution is 2.15. The number of amides is 1. The van der Waals surface area contributed by atoms with Gasteiger partial charge in [0.25, 0.3) is 11.5 Å². The first-order chi connectivity index (χ1) is 9.63. The van der Waals surface area contributed by atoms with Gasteiger partial charge in [-0.2, -0.15) is 5.10 Å². The van der Waals surface area contributed by atoms with Gasteiger partial charge >= 0.3 is 0 Å². The molecule has 0 aliphatic heterocycles. The number of rotatable bonds is 5. The number of aryl methyl sites for hydroxylation is 1. The number of aliphatic hydroxyl groups is 1. The van der Waals surface area contributed by atoms with Gasteiger partial charge in [-0.25, -0.2) is 4.68 Å². The van der Waals surface area contributed by atoms with E-state index in [0.717, 1.165) is 10.2 Å². The second kappa shape index (κ2) is 6.07. The molecule has 104 valence electrons. The summed E-state index contributed by atoms with van der Waals surface area (Å²) < 4.78 is 1.14. The number of aliphatic hydroxyl groups excluding tert-OH is 1. The highest BCUT2D eigenvalue weighted by molar-refractivity contribution is 5.93. The van der Waals surface area contributed by atoms with Crippen molar-refractivity contribution < 1.29 is 9.90 Å². The van der Waals surface area contributed by atoms with Crippen molar-refractivity contribution in [2.24, 2.45) is 5.73 Å². The topological polar surface area (TPSA) is 111 Å². The first-order valence-electron chi connectivity index (χ1n) is 6.06. The summed E-state index contributed by atoms with van der Waals surface area (Å²) in [5.41, 5.74) is 5.72. The van der Waals surface area contributed by atoms with Crippen LogP contribution in [-0.4, -0.2) is 32.4 Å². The van der Waals surface area contributed by atoms with E-state index in [-0.39, 0.29) is 18.7 Å². The van der Waals surface area contributed by atoms with Gasteiger partial charge in [-0.15, -0.1) is 0 Å². The maximum Gasteiger partial charge on any atom is 0.279 e. The second-order valence-corrected chi connectivity index (χ2v) is 4.15. The van der Waals surface area contributed by atoms with Gasteiger partial charge in [-0.3, -0.25) is 14.6 Å². The lowest BCUT2D eigenvalue weighted by Crippen LogP contribution is -2.32. The Bertz CT molecular complexity index is 667. The third-order valence-electron chi connectivity index (χ3n) is 2.74. The standard InChI is InChI=1S/C13H14N4O3/c14-12(19)10-8-11(9-2-4-15-5-3-9)16-17(13(10)20)6-1-7-18/h2-5,8,18H,1,6-7H2,(H2,14,19). The molecule has 0 fully saturated rings. The minimum Gasteiger partial charge on any atom is -0.396 e. The molecule has 0 unspecified atom stereocenters. The quantitative estimate of drug-likeness (QED) is 0.783. The fourth-order valence-corrected chi connectivity index (χ4v) is 1.75. The predicted octanol–water partition coefficient (Wildman–Crippen LogP) is -0.213. The number of nitrogens with zero attached hydrogens (tertiary/aromatic N) is 3. The van der Waals surface area contributed by atoms with Crippen LogP contribution < -0.4 is 11.3 Å². The largest absolute Gasteiger partial charge is 0.396 e. The van der Waals surface area contributed by atoms with Crippen LogP contribution >= 0.6 is 0 Å². The van der Waals surface area contributed by atoms with Crippen molar-refractivity contribution in [3.8, 4) is 11.3 Å². The molecule has 0 radical (unpaired) electrons. The zero-order chi connectivity index (χ0) is 14.5. The van der Waals surface area contributed by atoms with Crippen LogP contribution in [0.25, 0.3) is 11.3 Å². The average molecular weight is 274 g/mol. The van der Waals surface area contributed by atoms with Crippen LogP contribution in [0.3, 0.4) is 0 Å². The third-order valence-corrected chi connectivity index (χ3v) is 2.74. The monoisotopic (exact) mass is 274 g/mol. The van der Waals surface area contributed by atoms with Gasteiger partial charge < -0.3 is 10.8 Å². The van der Waals surface area contributed by atoms with Gasteiger partial charge in [-0.05, 0) is 24.6 Å². The molecule has 0 saturated carbocycles. The fourth-order valence-electron chi connectivity index (χ4n) is 1.75. The summed E-state index contributed by atoms with van der Waals surface area (Å²) in [5, 5.41) is 13.0. The van der Waals surface area contributed by atoms with Gasteiger partial charge in [0.1, 0.15) is 5.56 Å². The first kappa shape index (κ1) is 13.9. The molecular formula is C13H14N4O3. The van der Waals surface area contributed by atoms with Gasteiger partial charge in [0, 0.05) is 31.1 Å². The summed E-state index contributed by atoms with van der Waals surface area (Å²) in [5.74, 6) is -0.801. The number of carbonyl (C=O) groups is 1. The van der Waals surface area contributed by atoms with Crippen LogP contribution in [0.5, 0.6) is 0 Å². The Morgan fingerprint density at radius 2 is 2.05 bits per heavy atom. The van der Waals surface area contributed by atoms with Crippen LogP contribution in [-0.2, 0) is 6.54 Å². The van der Waals surface area contributed by atoms with Gasteiger partial charge in [0.05, 0.1) is 5.69 Å². The van der Waals surface area contributed by atoms with E-state index in [1.165, 1.54) is 6.07 Å². The van der Waals surface area contributed by atoms with Crippen molar-refractivity contribution in [1.29, 1.82) is 0 Å². The van der Waals surface area contributed by atoms with E-state index < -0.39 is 11.5 Å². The molecule has 0 aromatic carbocycles. The van der Waals surface area contributed by atoms with E-state index in [2.05, 4.69) is 10.1 Å². The van der Waals surface area contributed by atoms with Crippen molar-refractivity contribution in [2.75, 3.05) is 6.61 Å². The van der Waals surface area contributed by atoms with Crippen LogP contribution in [0.2, 0.25) is 0 Å². The maximum atomic E-state index is 12.0. The molecule has 2 aromatic heterocycles. The van der Waals surface area contributed by atoms with Crippen molar-refractivity contribution in [1.82, 2.24) is 14.8 Å². The fraction of sp³-hybridized carbons (Fsp3) is 0.231. The van der Waals surface area contributed by atoms with E-state index in [1.54, 1.807) is 24.5 Å². The Morgan fingerprint density at radius 1 is 1.35 bits per heavy atom. The van der Waals surface area contributed by atoms with E-state index in [4.69, 9.17) is 10.8 Å². The number of primary amides is 1. The highest BCUT2D eigenvalue weighted by Gasteiger charge is 2.13. The van der Waals surface area contributed by atoms with E-state index in [0.29, 0.717) is 12.1 Å². The molecule has 0 spiro atoms. The van der Waals surface area contributed by atoms with Crippen molar-refractivity contribution in [2.45, 2.75) is 13.0 Å². The summed E-state index contributed by atoms with van der Waals surface area (Å²) in [7, 11) is 0. The Hall–Kier alpha value is -2.54. The minimum atomic E-state index is -0.801. The molecule has 3 N–H and O–H groups in total. The Kier molecular flexibility index (Phi) is 4.21. The van der Waals surface area contributed by atoms with Crippen molar-refractivity contribution in [3.05, 3.63) is 46.5 Å². The molecule has 0 aliphatic carbocycles. The van der Waals surface area contributed by atoms with E-state index in [1.807, 2.05) is 0 Å². The lowest BCUT2D eigenvalue weighted by molar-refractivity contribution is 0.0998. The molecule has 0 atom stereocenters. The molecule has 0 bridgehead atoms. The molecule has 7 nitrogen and oxygen atoms in total. The average Bonchev–Trinajstić information content (AvgIpc) is 2.46. The van der Waals surface area contributed by atoms with Crippen LogP contribution in [0.15, 0.2) is 35.4 Å². The normalized spacial score (nSPS) is 10.4. The molecule has 1 amide bonds. The zero-order valence-corrected chi connectivity index (χ0v) is 10.7. The lowest BCUT2D eigenvalue weighted by atomic mass is 10.1. The smallest absolute Gasteiger partial charge is 0.279 e. The van der Waals surface area contributed by atoms with Gasteiger partial charge in [0.15, 0.2) is 0 Å². The maximum absolute atomic E-state index is 12.0. The van der Waals surface area contributed by atoms with Crippen molar-refractivity contribution in [3.63, 3.8) is 0 Å². The van der Waals surface area contributed by atoms with Crippen LogP contribution in [0, 0.1) is 0 Å². The molecule has 7 heteroatoms. The molecule has 20 heavy (non-hydrogen) atoms. The Balaban J connectivity index is 2.56. The Morgan fingerprint density at radius 3 is 2.65 bits per heavy atom. The number of pyridine rings is 1. The van der Waals surface area contributed by atoms with E-state index >= 15 is 0 Å². The highest BCUT2D eigenvalue weighted by atomic mass is 16.3. The van der Waals surface area contributed by atoms with Crippen LogP contribution in [0.4, 0.5) is 0 Å². The van der Waals surface area contributed by atoms with Gasteiger partial charge in [-0.1, -0.05) is 0 Å². The summed E-state index contributed by atoms with van der Waals surface area (Å²) in [6.45, 7) is 0.147. The lowest BCUT2D eigenvalue weighted by Gasteiger charge is -2.08. The SMILES string of the molecule is NC(=O)c1cc(-c2ccncc2)nn(CCCO)c1=O. The minimum absolute atomic E-state index is 0.0699. The summed E-state index contributed by atoms with van der Waals surface area (Å²) in [6, 6.07) is 4.80. The number of hydrogen-bond acceptors (Lipinski definition) is 5. The van der Waals surface area contributed by atoms with E-state index in [9.17, 15) is 9.59 Å². The molecule has 2 rings (SSSR count). The Labute approximate surface area is 114 Å². The van der Waals surface area contributed by atoms with Gasteiger partial charge in [0.2, 0.25) is 0 Å². The molecule has 2 heterocycles. The number of hydrogen-bond donors (Lipinski definition) is 2. The third kappa shape index (κ3) is 2.89. The zero-order valence-electron chi connectivity index (χ0n) is 10.7. The summed E-state index contributed by atoms with van der Waals surface area (Å²) >= 11 is 0. The molecule has 2 aromatic rings. The first-order valence-corrected chi connectivity index (χ1v) is 6.06. The number of aromatic nitrogens is 3. The number of carbonyl (C=O) groups excluding carboxylic acids is 1. The molecular weight excluding hydrogens is 260 g/mol. The number of nitrogens with two attached hydrogens (primary N) is 1. The molecule has 0 aliphatic rings. The molecule has 0 saturated heterocycles. The van der Waals surface area contributed by atoms with Crippen molar-refractivity contribution >= 4 is 5.91 Å². The predicted molar refractivity (Wildman–Crippen MR) is 71.9 cm³/mol. The second-order valence-electron chi connectivity index (χ2n) is 4.15.